The van der Waals surface area contributed by atoms with Crippen LogP contribution >= 0.6 is 24.0 Å². The Morgan fingerprint density at radius 3 is 2.53 bits per heavy atom. The van der Waals surface area contributed by atoms with E-state index in [1.807, 2.05) is 36.0 Å². The van der Waals surface area contributed by atoms with E-state index in [1.165, 1.54) is 0 Å². The highest BCUT2D eigenvalue weighted by Gasteiger charge is 2.15. The molecule has 0 aliphatic carbocycles. The SMILES string of the molecule is NC(=S)c1ccc(CC(=O)NC2CCSCC2)cc1. The molecule has 1 fully saturated rings. The maximum absolute atomic E-state index is 11.9. The highest BCUT2D eigenvalue weighted by Crippen LogP contribution is 2.17. The number of nitrogens with two attached hydrogens (primary N) is 1. The normalized spacial score (nSPS) is 16.0. The highest BCUT2D eigenvalue weighted by molar-refractivity contribution is 7.99. The molecule has 1 saturated heterocycles. The summed E-state index contributed by atoms with van der Waals surface area (Å²) in [6.45, 7) is 0. The van der Waals surface area contributed by atoms with Gasteiger partial charge >= 0.3 is 0 Å². The molecule has 19 heavy (non-hydrogen) atoms. The van der Waals surface area contributed by atoms with Gasteiger partial charge in [-0.05, 0) is 29.9 Å². The number of carbonyl (C=O) groups excluding carboxylic acids is 1. The van der Waals surface area contributed by atoms with Gasteiger partial charge in [-0.2, -0.15) is 11.8 Å². The topological polar surface area (TPSA) is 55.1 Å². The Balaban J connectivity index is 1.85. The first-order valence-electron chi connectivity index (χ1n) is 6.41. The second-order valence-electron chi connectivity index (χ2n) is 4.69. The highest BCUT2D eigenvalue weighted by atomic mass is 32.2. The lowest BCUT2D eigenvalue weighted by Crippen LogP contribution is -2.38. The van der Waals surface area contributed by atoms with E-state index in [0.717, 1.165) is 35.5 Å². The Labute approximate surface area is 123 Å². The number of rotatable bonds is 4. The number of hydrogen-bond donors (Lipinski definition) is 2. The van der Waals surface area contributed by atoms with Gasteiger partial charge in [0.2, 0.25) is 5.91 Å². The summed E-state index contributed by atoms with van der Waals surface area (Å²) in [4.78, 5) is 12.3. The van der Waals surface area contributed by atoms with Gasteiger partial charge in [0.15, 0.2) is 0 Å². The standard InChI is InChI=1S/C14H18N2OS2/c15-14(18)11-3-1-10(2-4-11)9-13(17)16-12-5-7-19-8-6-12/h1-4,12H,5-9H2,(H2,15,18)(H,16,17). The van der Waals surface area contributed by atoms with Crippen LogP contribution in [0.5, 0.6) is 0 Å². The molecule has 1 amide bonds. The van der Waals surface area contributed by atoms with Crippen LogP contribution in [0.25, 0.3) is 0 Å². The molecule has 1 aliphatic rings. The lowest BCUT2D eigenvalue weighted by molar-refractivity contribution is -0.121. The van der Waals surface area contributed by atoms with Crippen LogP contribution in [0.15, 0.2) is 24.3 Å². The lowest BCUT2D eigenvalue weighted by atomic mass is 10.1. The molecule has 0 saturated carbocycles. The van der Waals surface area contributed by atoms with E-state index >= 15 is 0 Å². The fraction of sp³-hybridized carbons (Fsp3) is 0.429. The zero-order valence-corrected chi connectivity index (χ0v) is 12.4. The molecule has 0 radical (unpaired) electrons. The van der Waals surface area contributed by atoms with Crippen LogP contribution in [0, 0.1) is 0 Å². The molecule has 3 nitrogen and oxygen atoms in total. The van der Waals surface area contributed by atoms with E-state index in [1.54, 1.807) is 0 Å². The van der Waals surface area contributed by atoms with E-state index in [9.17, 15) is 4.79 Å². The number of nitrogens with one attached hydrogen (secondary N) is 1. The van der Waals surface area contributed by atoms with Crippen molar-refractivity contribution in [2.75, 3.05) is 11.5 Å². The van der Waals surface area contributed by atoms with E-state index in [-0.39, 0.29) is 5.91 Å². The van der Waals surface area contributed by atoms with Crippen LogP contribution in [0.3, 0.4) is 0 Å². The molecule has 1 aromatic carbocycles. The summed E-state index contributed by atoms with van der Waals surface area (Å²) >= 11 is 6.86. The van der Waals surface area contributed by atoms with Crippen LogP contribution in [0.2, 0.25) is 0 Å². The summed E-state index contributed by atoms with van der Waals surface area (Å²) in [5, 5.41) is 3.10. The molecule has 2 rings (SSSR count). The summed E-state index contributed by atoms with van der Waals surface area (Å²) in [7, 11) is 0. The number of carbonyl (C=O) groups is 1. The van der Waals surface area contributed by atoms with Crippen molar-refractivity contribution in [1.29, 1.82) is 0 Å². The molecule has 0 atom stereocenters. The Morgan fingerprint density at radius 2 is 1.95 bits per heavy atom. The second-order valence-corrected chi connectivity index (χ2v) is 6.36. The number of thioether (sulfide) groups is 1. The monoisotopic (exact) mass is 294 g/mol. The van der Waals surface area contributed by atoms with E-state index in [2.05, 4.69) is 5.32 Å². The Kier molecular flexibility index (Phi) is 5.22. The Morgan fingerprint density at radius 1 is 1.32 bits per heavy atom. The van der Waals surface area contributed by atoms with Crippen molar-refractivity contribution in [3.05, 3.63) is 35.4 Å². The van der Waals surface area contributed by atoms with Crippen molar-refractivity contribution < 1.29 is 4.79 Å². The van der Waals surface area contributed by atoms with E-state index in [4.69, 9.17) is 18.0 Å². The molecule has 1 heterocycles. The van der Waals surface area contributed by atoms with Crippen molar-refractivity contribution in [2.24, 2.45) is 5.73 Å². The molecule has 1 aliphatic heterocycles. The average molecular weight is 294 g/mol. The van der Waals surface area contributed by atoms with Crippen molar-refractivity contribution in [3.63, 3.8) is 0 Å². The summed E-state index contributed by atoms with van der Waals surface area (Å²) < 4.78 is 0. The summed E-state index contributed by atoms with van der Waals surface area (Å²) in [6, 6.07) is 7.89. The van der Waals surface area contributed by atoms with Gasteiger partial charge in [0.05, 0.1) is 6.42 Å². The zero-order valence-electron chi connectivity index (χ0n) is 10.7. The molecule has 0 aromatic heterocycles. The fourth-order valence-corrected chi connectivity index (χ4v) is 3.34. The zero-order chi connectivity index (χ0) is 13.7. The fourth-order valence-electron chi connectivity index (χ4n) is 2.09. The quantitative estimate of drug-likeness (QED) is 0.833. The largest absolute Gasteiger partial charge is 0.389 e. The smallest absolute Gasteiger partial charge is 0.224 e. The van der Waals surface area contributed by atoms with Crippen LogP contribution in [-0.4, -0.2) is 28.4 Å². The van der Waals surface area contributed by atoms with Gasteiger partial charge in [-0.3, -0.25) is 4.79 Å². The second kappa shape index (κ2) is 6.91. The number of thiocarbonyl (C=S) groups is 1. The van der Waals surface area contributed by atoms with Crippen molar-refractivity contribution in [1.82, 2.24) is 5.32 Å². The summed E-state index contributed by atoms with van der Waals surface area (Å²) in [5.74, 6) is 2.39. The molecule has 0 bridgehead atoms. The van der Waals surface area contributed by atoms with E-state index < -0.39 is 0 Å². The number of amides is 1. The third-order valence-electron chi connectivity index (χ3n) is 3.19. The first-order valence-corrected chi connectivity index (χ1v) is 7.97. The molecule has 102 valence electrons. The van der Waals surface area contributed by atoms with Gasteiger partial charge in [-0.15, -0.1) is 0 Å². The van der Waals surface area contributed by atoms with Crippen LogP contribution in [0.4, 0.5) is 0 Å². The van der Waals surface area contributed by atoms with Gasteiger partial charge < -0.3 is 11.1 Å². The molecule has 3 N–H and O–H groups in total. The van der Waals surface area contributed by atoms with Crippen LogP contribution in [-0.2, 0) is 11.2 Å². The molecule has 0 spiro atoms. The number of benzene rings is 1. The lowest BCUT2D eigenvalue weighted by Gasteiger charge is -2.22. The predicted octanol–water partition coefficient (Wildman–Crippen LogP) is 1.88. The van der Waals surface area contributed by atoms with Gasteiger partial charge in [-0.25, -0.2) is 0 Å². The first kappa shape index (κ1) is 14.3. The van der Waals surface area contributed by atoms with Crippen molar-refractivity contribution in [2.45, 2.75) is 25.3 Å². The van der Waals surface area contributed by atoms with E-state index in [0.29, 0.717) is 17.5 Å². The third kappa shape index (κ3) is 4.51. The van der Waals surface area contributed by atoms with Gasteiger partial charge in [0, 0.05) is 11.6 Å². The minimum atomic E-state index is 0.0972. The van der Waals surface area contributed by atoms with Gasteiger partial charge in [0.25, 0.3) is 0 Å². The molecule has 0 unspecified atom stereocenters. The molecular weight excluding hydrogens is 276 g/mol. The van der Waals surface area contributed by atoms with Crippen LogP contribution in [0.1, 0.15) is 24.0 Å². The average Bonchev–Trinajstić information content (AvgIpc) is 2.40. The Bertz CT molecular complexity index is 453. The third-order valence-corrected chi connectivity index (χ3v) is 4.47. The van der Waals surface area contributed by atoms with Crippen molar-refractivity contribution >= 4 is 34.9 Å². The maximum Gasteiger partial charge on any atom is 0.224 e. The first-order chi connectivity index (χ1) is 9.15. The Hall–Kier alpha value is -1.07. The molecular formula is C14H18N2OS2. The molecule has 1 aromatic rings. The van der Waals surface area contributed by atoms with Gasteiger partial charge in [0.1, 0.15) is 4.99 Å². The van der Waals surface area contributed by atoms with Crippen LogP contribution < -0.4 is 11.1 Å². The summed E-state index contributed by atoms with van der Waals surface area (Å²) in [5.41, 5.74) is 7.36. The minimum absolute atomic E-state index is 0.0972. The minimum Gasteiger partial charge on any atom is -0.389 e. The molecule has 5 heteroatoms. The number of hydrogen-bond acceptors (Lipinski definition) is 3. The van der Waals surface area contributed by atoms with Crippen molar-refractivity contribution in [3.8, 4) is 0 Å². The maximum atomic E-state index is 11.9. The predicted molar refractivity (Wildman–Crippen MR) is 84.5 cm³/mol. The summed E-state index contributed by atoms with van der Waals surface area (Å²) in [6.07, 6.45) is 2.58. The van der Waals surface area contributed by atoms with Gasteiger partial charge in [-0.1, -0.05) is 36.5 Å².